The quantitative estimate of drug-likeness (QED) is 0.716. The van der Waals surface area contributed by atoms with Gasteiger partial charge in [-0.25, -0.2) is 0 Å². The summed E-state index contributed by atoms with van der Waals surface area (Å²) in [6.45, 7) is 6.10. The largest absolute Gasteiger partial charge is 0.463 e. The molecule has 0 fully saturated rings. The molecule has 0 aromatic carbocycles. The van der Waals surface area contributed by atoms with Crippen LogP contribution in [0.5, 0.6) is 0 Å². The van der Waals surface area contributed by atoms with Crippen LogP contribution in [0.15, 0.2) is 16.5 Å². The summed E-state index contributed by atoms with van der Waals surface area (Å²) in [5.74, 6) is 1.03. The maximum Gasteiger partial charge on any atom is 0.222 e. The highest BCUT2D eigenvalue weighted by Gasteiger charge is 2.28. The predicted octanol–water partition coefficient (Wildman–Crippen LogP) is 1.97. The van der Waals surface area contributed by atoms with E-state index in [-0.39, 0.29) is 18.4 Å². The molecule has 2 N–H and O–H groups in total. The number of hydrogen-bond donors (Lipinski definition) is 2. The molecular weight excluding hydrogens is 258 g/mol. The average molecular weight is 283 g/mol. The summed E-state index contributed by atoms with van der Waals surface area (Å²) in [5.41, 5.74) is -1.20. The van der Waals surface area contributed by atoms with E-state index in [1.807, 2.05) is 13.8 Å². The molecule has 0 aliphatic carbocycles. The van der Waals surface area contributed by atoms with Crippen molar-refractivity contribution in [1.29, 1.82) is 0 Å². The highest BCUT2D eigenvalue weighted by Crippen LogP contribution is 2.22. The lowest BCUT2D eigenvalue weighted by atomic mass is 10.0. The number of furan rings is 1. The van der Waals surface area contributed by atoms with Gasteiger partial charge in [-0.2, -0.15) is 0 Å². The van der Waals surface area contributed by atoms with Crippen molar-refractivity contribution in [1.82, 2.24) is 5.32 Å². The van der Waals surface area contributed by atoms with Crippen LogP contribution in [-0.4, -0.2) is 31.3 Å². The summed E-state index contributed by atoms with van der Waals surface area (Å²) in [6, 6.07) is 3.52. The van der Waals surface area contributed by atoms with Crippen molar-refractivity contribution in [3.63, 3.8) is 0 Å². The van der Waals surface area contributed by atoms with Gasteiger partial charge in [0.2, 0.25) is 5.91 Å². The first-order valence-electron chi connectivity index (χ1n) is 6.92. The van der Waals surface area contributed by atoms with E-state index >= 15 is 0 Å². The number of hydrogen-bond acceptors (Lipinski definition) is 4. The number of carbonyl (C=O) groups is 1. The van der Waals surface area contributed by atoms with Crippen LogP contribution in [0.3, 0.4) is 0 Å². The molecule has 0 aliphatic rings. The summed E-state index contributed by atoms with van der Waals surface area (Å²) >= 11 is 0. The van der Waals surface area contributed by atoms with E-state index in [2.05, 4.69) is 5.32 Å². The molecule has 1 amide bonds. The van der Waals surface area contributed by atoms with Gasteiger partial charge in [-0.15, -0.1) is 0 Å². The lowest BCUT2D eigenvalue weighted by molar-refractivity contribution is -0.126. The Hall–Kier alpha value is -1.33. The van der Waals surface area contributed by atoms with Crippen molar-refractivity contribution in [3.05, 3.63) is 23.7 Å². The van der Waals surface area contributed by atoms with E-state index in [4.69, 9.17) is 9.15 Å². The molecule has 1 heterocycles. The van der Waals surface area contributed by atoms with Gasteiger partial charge in [-0.05, 0) is 38.8 Å². The van der Waals surface area contributed by atoms with Gasteiger partial charge >= 0.3 is 0 Å². The molecular formula is C15H25NO4. The van der Waals surface area contributed by atoms with Gasteiger partial charge < -0.3 is 19.6 Å². The van der Waals surface area contributed by atoms with Crippen LogP contribution in [0.25, 0.3) is 0 Å². The second-order valence-corrected chi connectivity index (χ2v) is 5.44. The molecule has 114 valence electrons. The molecule has 0 aliphatic heterocycles. The minimum atomic E-state index is -1.20. The van der Waals surface area contributed by atoms with Crippen LogP contribution in [-0.2, 0) is 15.1 Å². The SMILES string of the molecule is COCCCC(C)C(=O)NCC(C)(O)c1ccc(C)o1. The van der Waals surface area contributed by atoms with Gasteiger partial charge in [0.25, 0.3) is 0 Å². The van der Waals surface area contributed by atoms with Crippen LogP contribution in [0, 0.1) is 12.8 Å². The van der Waals surface area contributed by atoms with Gasteiger partial charge in [0.15, 0.2) is 0 Å². The number of methoxy groups -OCH3 is 1. The molecule has 0 radical (unpaired) electrons. The fraction of sp³-hybridized carbons (Fsp3) is 0.667. The van der Waals surface area contributed by atoms with Crippen LogP contribution >= 0.6 is 0 Å². The Labute approximate surface area is 120 Å². The minimum Gasteiger partial charge on any atom is -0.463 e. The molecule has 1 rings (SSSR count). The lowest BCUT2D eigenvalue weighted by Gasteiger charge is -2.22. The van der Waals surface area contributed by atoms with Gasteiger partial charge in [0, 0.05) is 19.6 Å². The molecule has 1 aromatic heterocycles. The monoisotopic (exact) mass is 283 g/mol. The van der Waals surface area contributed by atoms with Gasteiger partial charge in [0.05, 0.1) is 6.54 Å². The highest BCUT2D eigenvalue weighted by atomic mass is 16.5. The van der Waals surface area contributed by atoms with Crippen LogP contribution in [0.4, 0.5) is 0 Å². The van der Waals surface area contributed by atoms with E-state index in [9.17, 15) is 9.90 Å². The molecule has 0 saturated heterocycles. The standard InChI is InChI=1S/C15H25NO4/c1-11(6-5-9-19-4)14(17)16-10-15(3,18)13-8-7-12(2)20-13/h7-8,11,18H,5-6,9-10H2,1-4H3,(H,16,17). The number of carbonyl (C=O) groups excluding carboxylic acids is 1. The van der Waals surface area contributed by atoms with Crippen molar-refractivity contribution in [2.24, 2.45) is 5.92 Å². The third kappa shape index (κ3) is 4.98. The molecule has 20 heavy (non-hydrogen) atoms. The normalized spacial score (nSPS) is 15.7. The molecule has 0 spiro atoms. The fourth-order valence-electron chi connectivity index (χ4n) is 1.91. The second-order valence-electron chi connectivity index (χ2n) is 5.44. The maximum absolute atomic E-state index is 11.9. The van der Waals surface area contributed by atoms with Gasteiger partial charge in [0.1, 0.15) is 17.1 Å². The Morgan fingerprint density at radius 3 is 2.80 bits per heavy atom. The molecule has 0 saturated carbocycles. The Kier molecular flexibility index (Phi) is 6.23. The summed E-state index contributed by atoms with van der Waals surface area (Å²) in [7, 11) is 1.65. The summed E-state index contributed by atoms with van der Waals surface area (Å²) in [5, 5.41) is 13.1. The summed E-state index contributed by atoms with van der Waals surface area (Å²) in [6.07, 6.45) is 1.61. The van der Waals surface area contributed by atoms with Crippen molar-refractivity contribution < 1.29 is 19.1 Å². The molecule has 1 aromatic rings. The van der Waals surface area contributed by atoms with Crippen molar-refractivity contribution >= 4 is 5.91 Å². The van der Waals surface area contributed by atoms with Crippen LogP contribution in [0.1, 0.15) is 38.2 Å². The summed E-state index contributed by atoms with van der Waals surface area (Å²) in [4.78, 5) is 11.9. The zero-order chi connectivity index (χ0) is 15.2. The zero-order valence-corrected chi connectivity index (χ0v) is 12.7. The number of aliphatic hydroxyl groups is 1. The van der Waals surface area contributed by atoms with E-state index in [1.54, 1.807) is 26.2 Å². The third-order valence-electron chi connectivity index (χ3n) is 3.31. The fourth-order valence-corrected chi connectivity index (χ4v) is 1.91. The minimum absolute atomic E-state index is 0.0651. The van der Waals surface area contributed by atoms with Crippen molar-refractivity contribution in [2.75, 3.05) is 20.3 Å². The Morgan fingerprint density at radius 2 is 2.25 bits per heavy atom. The Morgan fingerprint density at radius 1 is 1.55 bits per heavy atom. The number of ether oxygens (including phenoxy) is 1. The van der Waals surface area contributed by atoms with E-state index in [1.165, 1.54) is 0 Å². The average Bonchev–Trinajstić information content (AvgIpc) is 2.83. The Bertz CT molecular complexity index is 425. The number of aryl methyl sites for hydroxylation is 1. The molecule has 5 nitrogen and oxygen atoms in total. The van der Waals surface area contributed by atoms with Crippen molar-refractivity contribution in [2.45, 2.75) is 39.2 Å². The molecule has 2 atom stereocenters. The van der Waals surface area contributed by atoms with Crippen molar-refractivity contribution in [3.8, 4) is 0 Å². The molecule has 5 heteroatoms. The first-order valence-corrected chi connectivity index (χ1v) is 6.92. The number of amides is 1. The third-order valence-corrected chi connectivity index (χ3v) is 3.31. The first kappa shape index (κ1) is 16.7. The van der Waals surface area contributed by atoms with Gasteiger partial charge in [-0.1, -0.05) is 6.92 Å². The van der Waals surface area contributed by atoms with E-state index < -0.39 is 5.60 Å². The second kappa shape index (κ2) is 7.45. The van der Waals surface area contributed by atoms with Crippen LogP contribution < -0.4 is 5.32 Å². The van der Waals surface area contributed by atoms with E-state index in [0.717, 1.165) is 18.6 Å². The van der Waals surface area contributed by atoms with Gasteiger partial charge in [-0.3, -0.25) is 4.79 Å². The maximum atomic E-state index is 11.9. The Balaban J connectivity index is 2.43. The number of nitrogens with one attached hydrogen (secondary N) is 1. The summed E-state index contributed by atoms with van der Waals surface area (Å²) < 4.78 is 10.4. The highest BCUT2D eigenvalue weighted by molar-refractivity contribution is 5.78. The smallest absolute Gasteiger partial charge is 0.222 e. The molecule has 2 unspecified atom stereocenters. The number of rotatable bonds is 8. The lowest BCUT2D eigenvalue weighted by Crippen LogP contribution is -2.40. The zero-order valence-electron chi connectivity index (χ0n) is 12.7. The topological polar surface area (TPSA) is 71.7 Å². The molecule has 0 bridgehead atoms. The van der Waals surface area contributed by atoms with E-state index in [0.29, 0.717) is 12.4 Å². The predicted molar refractivity (Wildman–Crippen MR) is 76.3 cm³/mol. The first-order chi connectivity index (χ1) is 9.36. The van der Waals surface area contributed by atoms with Crippen LogP contribution in [0.2, 0.25) is 0 Å².